The van der Waals surface area contributed by atoms with E-state index < -0.39 is 0 Å². The first kappa shape index (κ1) is 20.7. The third kappa shape index (κ3) is 5.70. The van der Waals surface area contributed by atoms with Crippen molar-refractivity contribution in [3.63, 3.8) is 0 Å². The molecule has 2 heterocycles. The number of likely N-dealkylation sites (tertiary alicyclic amines) is 1. The summed E-state index contributed by atoms with van der Waals surface area (Å²) in [4.78, 5) is 23.5. The van der Waals surface area contributed by atoms with Crippen molar-refractivity contribution in [2.45, 2.75) is 39.0 Å². The quantitative estimate of drug-likeness (QED) is 0.391. The lowest BCUT2D eigenvalue weighted by Gasteiger charge is -2.38. The van der Waals surface area contributed by atoms with Gasteiger partial charge in [-0.25, -0.2) is 0 Å². The Balaban J connectivity index is 0.00000225. The molecule has 3 rings (SSSR count). The van der Waals surface area contributed by atoms with E-state index in [9.17, 15) is 4.79 Å². The minimum atomic E-state index is 0. The summed E-state index contributed by atoms with van der Waals surface area (Å²) in [5, 5.41) is 0. The lowest BCUT2D eigenvalue weighted by Crippen LogP contribution is -2.51. The monoisotopic (exact) mass is 463 g/mol. The van der Waals surface area contributed by atoms with E-state index in [1.807, 2.05) is 0 Å². The fourth-order valence-corrected chi connectivity index (χ4v) is 3.75. The molecule has 144 valence electrons. The molecular formula is C18H34IN5O. The topological polar surface area (TPSA) is 65.2 Å². The first-order valence-corrected chi connectivity index (χ1v) is 9.69. The van der Waals surface area contributed by atoms with Gasteiger partial charge < -0.3 is 15.5 Å². The molecule has 2 aliphatic heterocycles. The number of carbonyl (C=O) groups is 1. The number of carbonyl (C=O) groups excluding carboxylic acids is 1. The van der Waals surface area contributed by atoms with Crippen LogP contribution in [0.15, 0.2) is 4.99 Å². The smallest absolute Gasteiger partial charge is 0.225 e. The van der Waals surface area contributed by atoms with Crippen molar-refractivity contribution in [1.29, 1.82) is 0 Å². The summed E-state index contributed by atoms with van der Waals surface area (Å²) < 4.78 is 0. The Kier molecular flexibility index (Phi) is 8.25. The first-order valence-electron chi connectivity index (χ1n) is 9.69. The van der Waals surface area contributed by atoms with Crippen molar-refractivity contribution in [3.05, 3.63) is 0 Å². The zero-order valence-corrected chi connectivity index (χ0v) is 17.9. The highest BCUT2D eigenvalue weighted by molar-refractivity contribution is 14.0. The number of piperidine rings is 1. The lowest BCUT2D eigenvalue weighted by atomic mass is 9.84. The van der Waals surface area contributed by atoms with Crippen LogP contribution in [0.5, 0.6) is 0 Å². The summed E-state index contributed by atoms with van der Waals surface area (Å²) in [6, 6.07) is 0. The average molecular weight is 463 g/mol. The van der Waals surface area contributed by atoms with Crippen LogP contribution in [-0.4, -0.2) is 78.9 Å². The van der Waals surface area contributed by atoms with Crippen LogP contribution in [0.25, 0.3) is 0 Å². The Bertz CT molecular complexity index is 452. The van der Waals surface area contributed by atoms with E-state index in [1.54, 1.807) is 0 Å². The highest BCUT2D eigenvalue weighted by Gasteiger charge is 2.31. The molecule has 6 nitrogen and oxygen atoms in total. The van der Waals surface area contributed by atoms with Crippen molar-refractivity contribution >= 4 is 35.8 Å². The number of rotatable bonds is 4. The Morgan fingerprint density at radius 2 is 1.64 bits per heavy atom. The van der Waals surface area contributed by atoms with Crippen molar-refractivity contribution < 1.29 is 4.79 Å². The van der Waals surface area contributed by atoms with Gasteiger partial charge in [-0.3, -0.25) is 14.7 Å². The standard InChI is InChI=1S/C18H33N5O.HI/c1-15-5-8-23(9-6-15)18(19)20-7-10-21-11-13-22(14-12-21)17(24)16-3-2-4-16;/h15-16H,2-14H2,1H3,(H2,19,20);1H. The molecule has 3 fully saturated rings. The van der Waals surface area contributed by atoms with Gasteiger partial charge in [0.1, 0.15) is 0 Å². The first-order chi connectivity index (χ1) is 11.6. The van der Waals surface area contributed by atoms with Crippen LogP contribution < -0.4 is 5.73 Å². The minimum Gasteiger partial charge on any atom is -0.370 e. The van der Waals surface area contributed by atoms with Crippen molar-refractivity contribution in [1.82, 2.24) is 14.7 Å². The number of nitrogens with zero attached hydrogens (tertiary/aromatic N) is 4. The molecule has 0 bridgehead atoms. The van der Waals surface area contributed by atoms with Crippen molar-refractivity contribution in [2.75, 3.05) is 52.4 Å². The molecule has 0 aromatic carbocycles. The van der Waals surface area contributed by atoms with Gasteiger partial charge in [0.25, 0.3) is 0 Å². The molecule has 0 spiro atoms. The van der Waals surface area contributed by atoms with Crippen LogP contribution in [0, 0.1) is 11.8 Å². The number of aliphatic imine (C=N–C) groups is 1. The van der Waals surface area contributed by atoms with E-state index in [1.165, 1.54) is 19.3 Å². The SMILES string of the molecule is CC1CCN(C(N)=NCCN2CCN(C(=O)C3CCC3)CC2)CC1.I. The molecular weight excluding hydrogens is 429 g/mol. The van der Waals surface area contributed by atoms with Crippen LogP contribution in [0.2, 0.25) is 0 Å². The van der Waals surface area contributed by atoms with Gasteiger partial charge in [-0.15, -0.1) is 24.0 Å². The van der Waals surface area contributed by atoms with Gasteiger partial charge in [0, 0.05) is 51.7 Å². The molecule has 1 saturated carbocycles. The van der Waals surface area contributed by atoms with E-state index in [2.05, 4.69) is 26.6 Å². The second kappa shape index (κ2) is 9.94. The molecule has 2 N–H and O–H groups in total. The summed E-state index contributed by atoms with van der Waals surface area (Å²) >= 11 is 0. The van der Waals surface area contributed by atoms with Gasteiger partial charge >= 0.3 is 0 Å². The van der Waals surface area contributed by atoms with Crippen molar-refractivity contribution in [3.8, 4) is 0 Å². The number of amides is 1. The fraction of sp³-hybridized carbons (Fsp3) is 0.889. The van der Waals surface area contributed by atoms with Crippen LogP contribution in [-0.2, 0) is 4.79 Å². The molecule has 1 aliphatic carbocycles. The molecule has 7 heteroatoms. The minimum absolute atomic E-state index is 0. The summed E-state index contributed by atoms with van der Waals surface area (Å²) in [7, 11) is 0. The molecule has 0 aromatic rings. The number of hydrogen-bond acceptors (Lipinski definition) is 3. The number of nitrogens with two attached hydrogens (primary N) is 1. The average Bonchev–Trinajstić information content (AvgIpc) is 2.54. The molecule has 0 atom stereocenters. The van der Waals surface area contributed by atoms with Gasteiger partial charge in [0.05, 0.1) is 6.54 Å². The summed E-state index contributed by atoms with van der Waals surface area (Å²) in [5.74, 6) is 2.24. The van der Waals surface area contributed by atoms with Crippen LogP contribution >= 0.6 is 24.0 Å². The van der Waals surface area contributed by atoms with E-state index in [0.29, 0.717) is 17.8 Å². The molecule has 3 aliphatic rings. The predicted molar refractivity (Wildman–Crippen MR) is 112 cm³/mol. The molecule has 25 heavy (non-hydrogen) atoms. The normalized spacial score (nSPS) is 24.0. The molecule has 0 unspecified atom stereocenters. The third-order valence-corrected chi connectivity index (χ3v) is 5.94. The molecule has 1 amide bonds. The van der Waals surface area contributed by atoms with Crippen LogP contribution in [0.1, 0.15) is 39.0 Å². The maximum atomic E-state index is 12.3. The summed E-state index contributed by atoms with van der Waals surface area (Å²) in [5.41, 5.74) is 6.13. The number of guanidine groups is 1. The maximum Gasteiger partial charge on any atom is 0.225 e. The Morgan fingerprint density at radius 1 is 1.00 bits per heavy atom. The van der Waals surface area contributed by atoms with Gasteiger partial charge in [-0.05, 0) is 31.6 Å². The van der Waals surface area contributed by atoms with E-state index in [-0.39, 0.29) is 24.0 Å². The van der Waals surface area contributed by atoms with E-state index in [4.69, 9.17) is 5.73 Å². The maximum absolute atomic E-state index is 12.3. The predicted octanol–water partition coefficient (Wildman–Crippen LogP) is 1.60. The fourth-order valence-electron chi connectivity index (χ4n) is 3.75. The second-order valence-corrected chi connectivity index (χ2v) is 7.70. The van der Waals surface area contributed by atoms with Crippen LogP contribution in [0.4, 0.5) is 0 Å². The van der Waals surface area contributed by atoms with E-state index >= 15 is 0 Å². The van der Waals surface area contributed by atoms with E-state index in [0.717, 1.165) is 71.1 Å². The van der Waals surface area contributed by atoms with Gasteiger partial charge in [-0.2, -0.15) is 0 Å². The third-order valence-electron chi connectivity index (χ3n) is 5.94. The molecule has 2 saturated heterocycles. The molecule has 0 aromatic heterocycles. The lowest BCUT2D eigenvalue weighted by molar-refractivity contribution is -0.139. The summed E-state index contributed by atoms with van der Waals surface area (Å²) in [6.07, 6.45) is 5.86. The Morgan fingerprint density at radius 3 is 2.20 bits per heavy atom. The molecule has 0 radical (unpaired) electrons. The number of piperazine rings is 1. The van der Waals surface area contributed by atoms with Crippen molar-refractivity contribution in [2.24, 2.45) is 22.6 Å². The second-order valence-electron chi connectivity index (χ2n) is 7.70. The van der Waals surface area contributed by atoms with Gasteiger partial charge in [-0.1, -0.05) is 13.3 Å². The van der Waals surface area contributed by atoms with Crippen LogP contribution in [0.3, 0.4) is 0 Å². The summed E-state index contributed by atoms with van der Waals surface area (Å²) in [6.45, 7) is 9.77. The zero-order valence-electron chi connectivity index (χ0n) is 15.5. The highest BCUT2D eigenvalue weighted by atomic mass is 127. The van der Waals surface area contributed by atoms with Gasteiger partial charge in [0.2, 0.25) is 5.91 Å². The Hall–Kier alpha value is -0.570. The Labute approximate surface area is 169 Å². The zero-order chi connectivity index (χ0) is 16.9. The number of halogens is 1. The number of hydrogen-bond donors (Lipinski definition) is 1. The van der Waals surface area contributed by atoms with Gasteiger partial charge in [0.15, 0.2) is 5.96 Å². The highest BCUT2D eigenvalue weighted by Crippen LogP contribution is 2.28. The largest absolute Gasteiger partial charge is 0.370 e.